The SMILES string of the molecule is Cc1ccc(O)c(C)c1-c1cccc(C(=O)O)c1. The summed E-state index contributed by atoms with van der Waals surface area (Å²) in [6.45, 7) is 3.76. The average Bonchev–Trinajstić information content (AvgIpc) is 2.35. The maximum atomic E-state index is 11.0. The van der Waals surface area contributed by atoms with Crippen LogP contribution in [0.25, 0.3) is 11.1 Å². The standard InChI is InChI=1S/C15H14O3/c1-9-6-7-13(16)10(2)14(9)11-4-3-5-12(8-11)15(17)18/h3-8,16H,1-2H3,(H,17,18). The quantitative estimate of drug-likeness (QED) is 0.848. The van der Waals surface area contributed by atoms with Gasteiger partial charge < -0.3 is 10.2 Å². The highest BCUT2D eigenvalue weighted by Gasteiger charge is 2.11. The monoisotopic (exact) mass is 242 g/mol. The third-order valence-corrected chi connectivity index (χ3v) is 3.04. The molecule has 0 radical (unpaired) electrons. The molecule has 0 spiro atoms. The number of carboxylic acid groups (broad SMARTS) is 1. The van der Waals surface area contributed by atoms with Crippen LogP contribution >= 0.6 is 0 Å². The van der Waals surface area contributed by atoms with Gasteiger partial charge in [0.15, 0.2) is 0 Å². The van der Waals surface area contributed by atoms with Crippen LogP contribution in [0.1, 0.15) is 21.5 Å². The number of phenolic OH excluding ortho intramolecular Hbond substituents is 1. The molecule has 0 amide bonds. The zero-order valence-corrected chi connectivity index (χ0v) is 10.3. The summed E-state index contributed by atoms with van der Waals surface area (Å²) in [4.78, 5) is 11.0. The van der Waals surface area contributed by atoms with Crippen LogP contribution in [0.3, 0.4) is 0 Å². The highest BCUT2D eigenvalue weighted by molar-refractivity contribution is 5.90. The molecule has 0 fully saturated rings. The summed E-state index contributed by atoms with van der Waals surface area (Å²) in [5.41, 5.74) is 3.71. The van der Waals surface area contributed by atoms with Gasteiger partial charge in [0.1, 0.15) is 5.75 Å². The first-order valence-electron chi connectivity index (χ1n) is 5.63. The number of carbonyl (C=O) groups is 1. The molecule has 3 heteroatoms. The van der Waals surface area contributed by atoms with Crippen molar-refractivity contribution < 1.29 is 15.0 Å². The van der Waals surface area contributed by atoms with Crippen LogP contribution in [0.2, 0.25) is 0 Å². The predicted octanol–water partition coefficient (Wildman–Crippen LogP) is 3.37. The minimum Gasteiger partial charge on any atom is -0.508 e. The van der Waals surface area contributed by atoms with E-state index in [-0.39, 0.29) is 11.3 Å². The van der Waals surface area contributed by atoms with Crippen molar-refractivity contribution in [3.63, 3.8) is 0 Å². The lowest BCUT2D eigenvalue weighted by Gasteiger charge is -2.12. The van der Waals surface area contributed by atoms with Crippen LogP contribution in [-0.4, -0.2) is 16.2 Å². The van der Waals surface area contributed by atoms with Crippen LogP contribution in [0.5, 0.6) is 5.75 Å². The van der Waals surface area contributed by atoms with Gasteiger partial charge in [0, 0.05) is 0 Å². The van der Waals surface area contributed by atoms with E-state index in [1.54, 1.807) is 24.3 Å². The summed E-state index contributed by atoms with van der Waals surface area (Å²) in [6, 6.07) is 10.2. The van der Waals surface area contributed by atoms with E-state index in [0.29, 0.717) is 0 Å². The fourth-order valence-electron chi connectivity index (χ4n) is 2.09. The first kappa shape index (κ1) is 12.2. The Morgan fingerprint density at radius 1 is 1.11 bits per heavy atom. The minimum atomic E-state index is -0.952. The zero-order valence-electron chi connectivity index (χ0n) is 10.3. The number of aryl methyl sites for hydroxylation is 1. The Morgan fingerprint density at radius 2 is 1.83 bits per heavy atom. The van der Waals surface area contributed by atoms with Gasteiger partial charge in [-0.25, -0.2) is 4.79 Å². The number of benzene rings is 2. The van der Waals surface area contributed by atoms with Gasteiger partial charge in [0.2, 0.25) is 0 Å². The normalized spacial score (nSPS) is 10.3. The van der Waals surface area contributed by atoms with Crippen LogP contribution in [-0.2, 0) is 0 Å². The molecule has 0 bridgehead atoms. The highest BCUT2D eigenvalue weighted by Crippen LogP contribution is 2.32. The summed E-state index contributed by atoms with van der Waals surface area (Å²) < 4.78 is 0. The van der Waals surface area contributed by atoms with E-state index in [1.165, 1.54) is 0 Å². The molecule has 0 aliphatic heterocycles. The number of phenols is 1. The molecule has 2 rings (SSSR count). The Kier molecular flexibility index (Phi) is 3.06. The van der Waals surface area contributed by atoms with E-state index in [2.05, 4.69) is 0 Å². The van der Waals surface area contributed by atoms with Gasteiger partial charge in [-0.3, -0.25) is 0 Å². The van der Waals surface area contributed by atoms with Crippen molar-refractivity contribution in [2.75, 3.05) is 0 Å². The van der Waals surface area contributed by atoms with Crippen molar-refractivity contribution in [1.82, 2.24) is 0 Å². The number of hydrogen-bond acceptors (Lipinski definition) is 2. The number of aromatic hydroxyl groups is 1. The summed E-state index contributed by atoms with van der Waals surface area (Å²) in [6.07, 6.45) is 0. The molecule has 0 unspecified atom stereocenters. The molecule has 0 saturated heterocycles. The van der Waals surface area contributed by atoms with Crippen molar-refractivity contribution in [1.29, 1.82) is 0 Å². The van der Waals surface area contributed by atoms with E-state index in [4.69, 9.17) is 5.11 Å². The fraction of sp³-hybridized carbons (Fsp3) is 0.133. The van der Waals surface area contributed by atoms with Gasteiger partial charge >= 0.3 is 5.97 Å². The van der Waals surface area contributed by atoms with Gasteiger partial charge in [0.05, 0.1) is 5.56 Å². The largest absolute Gasteiger partial charge is 0.508 e. The Bertz CT molecular complexity index is 615. The van der Waals surface area contributed by atoms with Crippen LogP contribution in [0.15, 0.2) is 36.4 Å². The van der Waals surface area contributed by atoms with Crippen LogP contribution in [0.4, 0.5) is 0 Å². The average molecular weight is 242 g/mol. The van der Waals surface area contributed by atoms with E-state index < -0.39 is 5.97 Å². The number of aromatic carboxylic acids is 1. The predicted molar refractivity (Wildman–Crippen MR) is 70.0 cm³/mol. The third-order valence-electron chi connectivity index (χ3n) is 3.04. The van der Waals surface area contributed by atoms with Gasteiger partial charge in [-0.1, -0.05) is 18.2 Å². The van der Waals surface area contributed by atoms with Crippen LogP contribution < -0.4 is 0 Å². The molecule has 3 nitrogen and oxygen atoms in total. The summed E-state index contributed by atoms with van der Waals surface area (Å²) in [7, 11) is 0. The maximum absolute atomic E-state index is 11.0. The molecular formula is C15H14O3. The summed E-state index contributed by atoms with van der Waals surface area (Å²) in [5, 5.41) is 18.7. The van der Waals surface area contributed by atoms with E-state index >= 15 is 0 Å². The van der Waals surface area contributed by atoms with Crippen molar-refractivity contribution >= 4 is 5.97 Å². The van der Waals surface area contributed by atoms with Crippen molar-refractivity contribution in [2.45, 2.75) is 13.8 Å². The summed E-state index contributed by atoms with van der Waals surface area (Å²) in [5.74, 6) is -0.733. The van der Waals surface area contributed by atoms with E-state index in [9.17, 15) is 9.90 Å². The third kappa shape index (κ3) is 2.07. The number of carboxylic acids is 1. The van der Waals surface area contributed by atoms with E-state index in [1.807, 2.05) is 26.0 Å². The second kappa shape index (κ2) is 4.53. The first-order chi connectivity index (χ1) is 8.50. The second-order valence-corrected chi connectivity index (χ2v) is 4.29. The summed E-state index contributed by atoms with van der Waals surface area (Å²) >= 11 is 0. The van der Waals surface area contributed by atoms with Gasteiger partial charge in [-0.15, -0.1) is 0 Å². The number of rotatable bonds is 2. The Morgan fingerprint density at radius 3 is 2.50 bits per heavy atom. The molecule has 2 N–H and O–H groups in total. The lowest BCUT2D eigenvalue weighted by molar-refractivity contribution is 0.0697. The first-order valence-corrected chi connectivity index (χ1v) is 5.63. The molecule has 92 valence electrons. The smallest absolute Gasteiger partial charge is 0.335 e. The molecule has 2 aromatic rings. The highest BCUT2D eigenvalue weighted by atomic mass is 16.4. The molecule has 18 heavy (non-hydrogen) atoms. The fourth-order valence-corrected chi connectivity index (χ4v) is 2.09. The minimum absolute atomic E-state index is 0.219. The van der Waals surface area contributed by atoms with Crippen molar-refractivity contribution in [2.24, 2.45) is 0 Å². The van der Waals surface area contributed by atoms with Crippen molar-refractivity contribution in [3.8, 4) is 16.9 Å². The lowest BCUT2D eigenvalue weighted by Crippen LogP contribution is -1.97. The molecule has 0 aromatic heterocycles. The molecule has 0 aliphatic carbocycles. The Labute approximate surface area is 105 Å². The lowest BCUT2D eigenvalue weighted by atomic mass is 9.94. The van der Waals surface area contributed by atoms with Gasteiger partial charge in [-0.05, 0) is 54.3 Å². The molecule has 0 heterocycles. The Balaban J connectivity index is 2.65. The maximum Gasteiger partial charge on any atom is 0.335 e. The zero-order chi connectivity index (χ0) is 13.3. The van der Waals surface area contributed by atoms with Gasteiger partial charge in [-0.2, -0.15) is 0 Å². The number of hydrogen-bond donors (Lipinski definition) is 2. The van der Waals surface area contributed by atoms with E-state index in [0.717, 1.165) is 22.3 Å². The van der Waals surface area contributed by atoms with Crippen LogP contribution in [0, 0.1) is 13.8 Å². The second-order valence-electron chi connectivity index (χ2n) is 4.29. The Hall–Kier alpha value is -2.29. The molecule has 0 saturated carbocycles. The molecule has 0 aliphatic rings. The molecule has 0 atom stereocenters. The molecular weight excluding hydrogens is 228 g/mol. The topological polar surface area (TPSA) is 57.5 Å². The van der Waals surface area contributed by atoms with Crippen molar-refractivity contribution in [3.05, 3.63) is 53.1 Å². The van der Waals surface area contributed by atoms with Gasteiger partial charge in [0.25, 0.3) is 0 Å². The molecule has 2 aromatic carbocycles.